The van der Waals surface area contributed by atoms with Crippen molar-refractivity contribution in [2.75, 3.05) is 0 Å². The molecule has 0 N–H and O–H groups in total. The summed E-state index contributed by atoms with van der Waals surface area (Å²) in [6, 6.07) is 3.83. The quantitative estimate of drug-likeness (QED) is 0.658. The summed E-state index contributed by atoms with van der Waals surface area (Å²) < 4.78 is 4.10. The van der Waals surface area contributed by atoms with Crippen molar-refractivity contribution in [3.8, 4) is 23.0 Å². The second kappa shape index (κ2) is 4.75. The molecule has 0 unspecified atom stereocenters. The van der Waals surface area contributed by atoms with Gasteiger partial charge in [0.25, 0.3) is 5.56 Å². The van der Waals surface area contributed by atoms with Crippen LogP contribution in [-0.2, 0) is 20.6 Å². The van der Waals surface area contributed by atoms with Gasteiger partial charge in [-0.05, 0) is 11.4 Å². The van der Waals surface area contributed by atoms with E-state index in [2.05, 4.69) is 10.9 Å². The smallest absolute Gasteiger partial charge is 0.321 e. The SMILES string of the molecule is C#CCn1c(=O)c2c(nc(-c3cccs3)n2C)n(C)c1=O. The molecule has 6 nitrogen and oxygen atoms in total. The summed E-state index contributed by atoms with van der Waals surface area (Å²) in [5, 5.41) is 1.93. The molecule has 0 saturated heterocycles. The lowest BCUT2D eigenvalue weighted by atomic mass is 10.4. The van der Waals surface area contributed by atoms with Crippen LogP contribution in [0.4, 0.5) is 0 Å². The van der Waals surface area contributed by atoms with E-state index < -0.39 is 11.2 Å². The van der Waals surface area contributed by atoms with Crippen molar-refractivity contribution in [1.82, 2.24) is 18.7 Å². The molecule has 0 bridgehead atoms. The summed E-state index contributed by atoms with van der Waals surface area (Å²) in [7, 11) is 3.35. The molecule has 0 aliphatic rings. The normalized spacial score (nSPS) is 10.9. The number of thiophene rings is 1. The van der Waals surface area contributed by atoms with Crippen molar-refractivity contribution >= 4 is 22.5 Å². The number of hydrogen-bond donors (Lipinski definition) is 0. The van der Waals surface area contributed by atoms with Gasteiger partial charge < -0.3 is 4.57 Å². The predicted octanol–water partition coefficient (Wildman–Crippen LogP) is 0.795. The Kier molecular flexibility index (Phi) is 3.03. The highest BCUT2D eigenvalue weighted by Crippen LogP contribution is 2.25. The van der Waals surface area contributed by atoms with Gasteiger partial charge in [-0.3, -0.25) is 9.36 Å². The third kappa shape index (κ3) is 1.84. The second-order valence-corrected chi connectivity index (χ2v) is 5.53. The minimum atomic E-state index is -0.457. The summed E-state index contributed by atoms with van der Waals surface area (Å²) in [5.74, 6) is 2.99. The fourth-order valence-corrected chi connectivity index (χ4v) is 3.05. The van der Waals surface area contributed by atoms with Gasteiger partial charge in [-0.1, -0.05) is 12.0 Å². The first-order valence-corrected chi connectivity index (χ1v) is 7.07. The number of aromatic nitrogens is 4. The van der Waals surface area contributed by atoms with Crippen molar-refractivity contribution in [1.29, 1.82) is 0 Å². The van der Waals surface area contributed by atoms with E-state index in [0.29, 0.717) is 17.0 Å². The zero-order valence-corrected chi connectivity index (χ0v) is 12.3. The van der Waals surface area contributed by atoms with Crippen molar-refractivity contribution in [2.45, 2.75) is 6.54 Å². The molecular weight excluding hydrogens is 288 g/mol. The molecule has 0 aliphatic carbocycles. The number of imidazole rings is 1. The maximum atomic E-state index is 12.5. The standard InChI is InChI=1S/C14H12N4O2S/c1-4-7-18-13(19)10-12(17(3)14(18)20)15-11(16(10)2)9-6-5-8-21-9/h1,5-6,8H,7H2,2-3H3. The van der Waals surface area contributed by atoms with Gasteiger partial charge in [0.15, 0.2) is 17.0 Å². The summed E-state index contributed by atoms with van der Waals surface area (Å²) in [5.41, 5.74) is -0.134. The average Bonchev–Trinajstić information content (AvgIpc) is 3.09. The third-order valence-electron chi connectivity index (χ3n) is 3.35. The molecule has 0 amide bonds. The molecule has 0 radical (unpaired) electrons. The molecule has 0 aliphatic heterocycles. The van der Waals surface area contributed by atoms with Crippen LogP contribution in [0.5, 0.6) is 0 Å². The van der Waals surface area contributed by atoms with Crippen LogP contribution >= 0.6 is 11.3 Å². The van der Waals surface area contributed by atoms with Crippen LogP contribution in [0.15, 0.2) is 27.1 Å². The minimum Gasteiger partial charge on any atom is -0.321 e. The first kappa shape index (κ1) is 13.4. The molecule has 3 aromatic rings. The highest BCUT2D eigenvalue weighted by atomic mass is 32.1. The van der Waals surface area contributed by atoms with Crippen molar-refractivity contribution < 1.29 is 0 Å². The summed E-state index contributed by atoms with van der Waals surface area (Å²) in [6.45, 7) is -0.0546. The van der Waals surface area contributed by atoms with E-state index in [1.54, 1.807) is 18.7 Å². The van der Waals surface area contributed by atoms with Gasteiger partial charge in [0, 0.05) is 14.1 Å². The van der Waals surface area contributed by atoms with Crippen molar-refractivity contribution in [3.05, 3.63) is 38.4 Å². The van der Waals surface area contributed by atoms with Gasteiger partial charge in [-0.2, -0.15) is 0 Å². The van der Waals surface area contributed by atoms with E-state index in [1.165, 1.54) is 15.9 Å². The Morgan fingerprint density at radius 3 is 2.71 bits per heavy atom. The molecular formula is C14H12N4O2S. The zero-order valence-electron chi connectivity index (χ0n) is 11.5. The summed E-state index contributed by atoms with van der Waals surface area (Å²) >= 11 is 1.52. The van der Waals surface area contributed by atoms with Gasteiger partial charge in [-0.15, -0.1) is 17.8 Å². The highest BCUT2D eigenvalue weighted by molar-refractivity contribution is 7.13. The predicted molar refractivity (Wildman–Crippen MR) is 82.4 cm³/mol. The van der Waals surface area contributed by atoms with Gasteiger partial charge in [0.05, 0.1) is 11.4 Å². The Labute approximate surface area is 123 Å². The monoisotopic (exact) mass is 300 g/mol. The minimum absolute atomic E-state index is 0.0546. The zero-order chi connectivity index (χ0) is 15.1. The van der Waals surface area contributed by atoms with E-state index >= 15 is 0 Å². The molecule has 3 aromatic heterocycles. The number of rotatable bonds is 2. The van der Waals surface area contributed by atoms with Gasteiger partial charge in [0.2, 0.25) is 0 Å². The highest BCUT2D eigenvalue weighted by Gasteiger charge is 2.19. The van der Waals surface area contributed by atoms with Crippen LogP contribution < -0.4 is 11.2 Å². The molecule has 0 saturated carbocycles. The maximum absolute atomic E-state index is 12.5. The summed E-state index contributed by atoms with van der Waals surface area (Å²) in [4.78, 5) is 30.1. The van der Waals surface area contributed by atoms with Crippen LogP contribution in [0.25, 0.3) is 21.9 Å². The number of hydrogen-bond acceptors (Lipinski definition) is 4. The lowest BCUT2D eigenvalue weighted by Gasteiger charge is -2.05. The second-order valence-electron chi connectivity index (χ2n) is 4.58. The van der Waals surface area contributed by atoms with Gasteiger partial charge in [-0.25, -0.2) is 14.3 Å². The van der Waals surface area contributed by atoms with E-state index in [-0.39, 0.29) is 6.54 Å². The third-order valence-corrected chi connectivity index (χ3v) is 4.22. The van der Waals surface area contributed by atoms with E-state index in [9.17, 15) is 9.59 Å². The largest absolute Gasteiger partial charge is 0.333 e. The van der Waals surface area contributed by atoms with Crippen molar-refractivity contribution in [2.24, 2.45) is 14.1 Å². The van der Waals surface area contributed by atoms with Gasteiger partial charge >= 0.3 is 5.69 Å². The Morgan fingerprint density at radius 1 is 1.33 bits per heavy atom. The molecule has 21 heavy (non-hydrogen) atoms. The molecule has 0 fully saturated rings. The van der Waals surface area contributed by atoms with Crippen LogP contribution in [0, 0.1) is 12.3 Å². The Hall–Kier alpha value is -2.59. The lowest BCUT2D eigenvalue weighted by Crippen LogP contribution is -2.39. The van der Waals surface area contributed by atoms with Crippen LogP contribution in [0.2, 0.25) is 0 Å². The number of terminal acetylenes is 1. The fourth-order valence-electron chi connectivity index (χ4n) is 2.30. The van der Waals surface area contributed by atoms with E-state index in [4.69, 9.17) is 6.42 Å². The molecule has 7 heteroatoms. The number of nitrogens with zero attached hydrogens (tertiary/aromatic N) is 4. The summed E-state index contributed by atoms with van der Waals surface area (Å²) in [6.07, 6.45) is 5.23. The van der Waals surface area contributed by atoms with Crippen LogP contribution in [-0.4, -0.2) is 18.7 Å². The maximum Gasteiger partial charge on any atom is 0.333 e. The first-order chi connectivity index (χ1) is 10.1. The number of fused-ring (bicyclic) bond motifs is 1. The molecule has 0 aromatic carbocycles. The number of aryl methyl sites for hydroxylation is 2. The molecule has 3 rings (SSSR count). The Morgan fingerprint density at radius 2 is 2.10 bits per heavy atom. The van der Waals surface area contributed by atoms with Crippen molar-refractivity contribution in [3.63, 3.8) is 0 Å². The van der Waals surface area contributed by atoms with E-state index in [0.717, 1.165) is 9.44 Å². The lowest BCUT2D eigenvalue weighted by molar-refractivity contribution is 0.674. The fraction of sp³-hybridized carbons (Fsp3) is 0.214. The molecule has 0 spiro atoms. The van der Waals surface area contributed by atoms with Crippen LogP contribution in [0.1, 0.15) is 0 Å². The molecule has 3 heterocycles. The molecule has 0 atom stereocenters. The molecule has 106 valence electrons. The Balaban J connectivity index is 2.47. The Bertz CT molecular complexity index is 983. The average molecular weight is 300 g/mol. The topological polar surface area (TPSA) is 61.8 Å². The van der Waals surface area contributed by atoms with Crippen LogP contribution in [0.3, 0.4) is 0 Å². The first-order valence-electron chi connectivity index (χ1n) is 6.20. The van der Waals surface area contributed by atoms with Gasteiger partial charge in [0.1, 0.15) is 0 Å². The van der Waals surface area contributed by atoms with E-state index in [1.807, 2.05) is 17.5 Å².